The number of nitrogens with zero attached hydrogens (tertiary/aromatic N) is 2. The second kappa shape index (κ2) is 5.84. The van der Waals surface area contributed by atoms with Crippen molar-refractivity contribution in [2.75, 3.05) is 0 Å². The molecule has 7 rings (SSSR count). The van der Waals surface area contributed by atoms with Crippen LogP contribution < -0.4 is 0 Å². The number of hydrogen-bond acceptors (Lipinski definition) is 1. The summed E-state index contributed by atoms with van der Waals surface area (Å²) in [5, 5.41) is 16.8. The maximum atomic E-state index is 9.16. The van der Waals surface area contributed by atoms with Crippen LogP contribution >= 0.6 is 0 Å². The summed E-state index contributed by atoms with van der Waals surface area (Å²) in [5.74, 6) is 0. The molecule has 5 aromatic carbocycles. The largest absolute Gasteiger partial charge is 0.308 e. The Labute approximate surface area is 178 Å². The molecule has 7 aromatic rings. The van der Waals surface area contributed by atoms with E-state index in [1.807, 2.05) is 24.3 Å². The van der Waals surface area contributed by atoms with Gasteiger partial charge in [-0.3, -0.25) is 0 Å². The first kappa shape index (κ1) is 16.4. The van der Waals surface area contributed by atoms with Crippen molar-refractivity contribution in [2.45, 2.75) is 0 Å². The van der Waals surface area contributed by atoms with Crippen LogP contribution in [0.15, 0.2) is 97.1 Å². The van der Waals surface area contributed by atoms with Crippen LogP contribution in [0.1, 0.15) is 5.56 Å². The van der Waals surface area contributed by atoms with Crippen molar-refractivity contribution in [3.05, 3.63) is 103 Å². The van der Waals surface area contributed by atoms with E-state index in [-0.39, 0.29) is 0 Å². The van der Waals surface area contributed by atoms with E-state index in [9.17, 15) is 0 Å². The van der Waals surface area contributed by atoms with Crippen LogP contribution in [-0.2, 0) is 0 Å². The molecule has 0 unspecified atom stereocenters. The van der Waals surface area contributed by atoms with Gasteiger partial charge in [-0.15, -0.1) is 0 Å². The topological polar surface area (TPSA) is 28.2 Å². The summed E-state index contributed by atoms with van der Waals surface area (Å²) < 4.78 is 2.42. The van der Waals surface area contributed by atoms with Crippen LogP contribution in [0, 0.1) is 11.3 Å². The van der Waals surface area contributed by atoms with Crippen LogP contribution in [0.25, 0.3) is 60.0 Å². The molecule has 0 atom stereocenters. The second-order valence-electron chi connectivity index (χ2n) is 8.18. The van der Waals surface area contributed by atoms with Crippen molar-refractivity contribution in [3.63, 3.8) is 0 Å². The molecule has 0 amide bonds. The van der Waals surface area contributed by atoms with E-state index in [2.05, 4.69) is 83.3 Å². The Morgan fingerprint density at radius 2 is 1.23 bits per heavy atom. The lowest BCUT2D eigenvalue weighted by Crippen LogP contribution is -1.80. The van der Waals surface area contributed by atoms with E-state index in [0.717, 1.165) is 5.56 Å². The van der Waals surface area contributed by atoms with Gasteiger partial charge in [0.2, 0.25) is 0 Å². The highest BCUT2D eigenvalue weighted by Crippen LogP contribution is 2.42. The van der Waals surface area contributed by atoms with Gasteiger partial charge < -0.3 is 4.40 Å². The molecule has 2 heteroatoms. The Hall–Kier alpha value is -4.35. The number of benzene rings is 5. The average Bonchev–Trinajstić information content (AvgIpc) is 3.33. The minimum absolute atomic E-state index is 0.683. The fourth-order valence-corrected chi connectivity index (χ4v) is 5.09. The molecular weight excluding hydrogens is 376 g/mol. The van der Waals surface area contributed by atoms with Gasteiger partial charge in [0.05, 0.1) is 28.2 Å². The molecule has 0 N–H and O–H groups in total. The average molecular weight is 392 g/mol. The first-order valence-electron chi connectivity index (χ1n) is 10.4. The molecule has 2 aromatic heterocycles. The maximum absolute atomic E-state index is 9.16. The Balaban J connectivity index is 1.70. The Bertz CT molecular complexity index is 1830. The van der Waals surface area contributed by atoms with Gasteiger partial charge in [0, 0.05) is 21.5 Å². The van der Waals surface area contributed by atoms with Crippen molar-refractivity contribution in [1.82, 2.24) is 4.40 Å². The number of para-hydroxylation sites is 1. The standard InChI is InChI=1S/C29H16N2/c30-17-18-9-11-19(12-10-18)22-14-25-23-7-3-4-8-27(23)31-28-16-21-6-2-1-5-20(21)13-24(28)26(15-22)29(25)31/h1-16H. The zero-order chi connectivity index (χ0) is 20.5. The minimum Gasteiger partial charge on any atom is -0.308 e. The zero-order valence-corrected chi connectivity index (χ0v) is 16.6. The minimum atomic E-state index is 0.683. The summed E-state index contributed by atoms with van der Waals surface area (Å²) in [6, 6.07) is 36.6. The van der Waals surface area contributed by atoms with Crippen molar-refractivity contribution in [3.8, 4) is 17.2 Å². The van der Waals surface area contributed by atoms with Gasteiger partial charge in [-0.2, -0.15) is 5.26 Å². The second-order valence-corrected chi connectivity index (χ2v) is 8.18. The maximum Gasteiger partial charge on any atom is 0.0991 e. The van der Waals surface area contributed by atoms with Gasteiger partial charge in [-0.1, -0.05) is 54.6 Å². The van der Waals surface area contributed by atoms with E-state index in [1.54, 1.807) is 0 Å². The Morgan fingerprint density at radius 1 is 0.548 bits per heavy atom. The number of rotatable bonds is 1. The smallest absolute Gasteiger partial charge is 0.0991 e. The molecule has 2 nitrogen and oxygen atoms in total. The molecule has 142 valence electrons. The number of hydrogen-bond donors (Lipinski definition) is 0. The predicted octanol–water partition coefficient (Wildman–Crippen LogP) is 7.53. The highest BCUT2D eigenvalue weighted by atomic mass is 14.9. The molecule has 0 aliphatic heterocycles. The van der Waals surface area contributed by atoms with Crippen LogP contribution in [0.3, 0.4) is 0 Å². The normalized spacial score (nSPS) is 11.8. The van der Waals surface area contributed by atoms with E-state index in [1.165, 1.54) is 54.4 Å². The summed E-state index contributed by atoms with van der Waals surface area (Å²) in [4.78, 5) is 0. The lowest BCUT2D eigenvalue weighted by molar-refractivity contribution is 1.37. The molecule has 0 radical (unpaired) electrons. The summed E-state index contributed by atoms with van der Waals surface area (Å²) in [7, 11) is 0. The third kappa shape index (κ3) is 2.15. The highest BCUT2D eigenvalue weighted by molar-refractivity contribution is 6.25. The summed E-state index contributed by atoms with van der Waals surface area (Å²) in [6.07, 6.45) is 0. The van der Waals surface area contributed by atoms with Crippen LogP contribution in [0.4, 0.5) is 0 Å². The van der Waals surface area contributed by atoms with Gasteiger partial charge in [-0.25, -0.2) is 0 Å². The molecule has 0 fully saturated rings. The molecule has 2 heterocycles. The third-order valence-electron chi connectivity index (χ3n) is 6.51. The van der Waals surface area contributed by atoms with Gasteiger partial charge in [0.15, 0.2) is 0 Å². The first-order valence-corrected chi connectivity index (χ1v) is 10.4. The van der Waals surface area contributed by atoms with Crippen LogP contribution in [0.5, 0.6) is 0 Å². The zero-order valence-electron chi connectivity index (χ0n) is 16.6. The molecule has 0 spiro atoms. The molecule has 31 heavy (non-hydrogen) atoms. The molecule has 0 saturated carbocycles. The van der Waals surface area contributed by atoms with Gasteiger partial charge in [0.25, 0.3) is 0 Å². The van der Waals surface area contributed by atoms with Crippen LogP contribution in [0.2, 0.25) is 0 Å². The predicted molar refractivity (Wildman–Crippen MR) is 129 cm³/mol. The molecular formula is C29H16N2. The summed E-state index contributed by atoms with van der Waals surface area (Å²) in [6.45, 7) is 0. The lowest BCUT2D eigenvalue weighted by Gasteiger charge is -2.05. The van der Waals surface area contributed by atoms with E-state index >= 15 is 0 Å². The van der Waals surface area contributed by atoms with Crippen molar-refractivity contribution >= 4 is 48.9 Å². The van der Waals surface area contributed by atoms with Gasteiger partial charge in [-0.05, 0) is 64.4 Å². The quantitative estimate of drug-likeness (QED) is 0.284. The van der Waals surface area contributed by atoms with Crippen LogP contribution in [-0.4, -0.2) is 4.40 Å². The van der Waals surface area contributed by atoms with Gasteiger partial charge in [0.1, 0.15) is 0 Å². The SMILES string of the molecule is N#Cc1ccc(-c2cc3c4ccccc4n4c5cc6ccccc6cc5c(c2)c34)cc1. The van der Waals surface area contributed by atoms with Crippen molar-refractivity contribution < 1.29 is 0 Å². The Morgan fingerprint density at radius 3 is 2.00 bits per heavy atom. The summed E-state index contributed by atoms with van der Waals surface area (Å²) in [5.41, 5.74) is 6.76. The molecule has 0 aliphatic rings. The number of aromatic nitrogens is 1. The molecule has 0 bridgehead atoms. The monoisotopic (exact) mass is 392 g/mol. The van der Waals surface area contributed by atoms with E-state index < -0.39 is 0 Å². The van der Waals surface area contributed by atoms with Gasteiger partial charge >= 0.3 is 0 Å². The van der Waals surface area contributed by atoms with Crippen molar-refractivity contribution in [1.29, 1.82) is 5.26 Å². The van der Waals surface area contributed by atoms with E-state index in [0.29, 0.717) is 5.56 Å². The number of fused-ring (bicyclic) bond motifs is 7. The Kier molecular flexibility index (Phi) is 3.10. The third-order valence-corrected chi connectivity index (χ3v) is 6.51. The first-order chi connectivity index (χ1) is 15.3. The summed E-state index contributed by atoms with van der Waals surface area (Å²) >= 11 is 0. The van der Waals surface area contributed by atoms with Crippen molar-refractivity contribution in [2.24, 2.45) is 0 Å². The fraction of sp³-hybridized carbons (Fsp3) is 0. The number of nitriles is 1. The van der Waals surface area contributed by atoms with E-state index in [4.69, 9.17) is 5.26 Å². The fourth-order valence-electron chi connectivity index (χ4n) is 5.09. The highest BCUT2D eigenvalue weighted by Gasteiger charge is 2.19. The lowest BCUT2D eigenvalue weighted by atomic mass is 9.98. The molecule has 0 aliphatic carbocycles. The molecule has 0 saturated heterocycles.